The molecule has 2 heterocycles. The van der Waals surface area contributed by atoms with E-state index in [9.17, 15) is 21.6 Å². The van der Waals surface area contributed by atoms with Gasteiger partial charge in [0.2, 0.25) is 10.0 Å². The highest BCUT2D eigenvalue weighted by Crippen LogP contribution is 2.30. The van der Waals surface area contributed by atoms with Crippen LogP contribution in [0.15, 0.2) is 52.7 Å². The number of aryl methyl sites for hydroxylation is 1. The van der Waals surface area contributed by atoms with Crippen LogP contribution in [0.1, 0.15) is 11.3 Å². The second-order valence-corrected chi connectivity index (χ2v) is 8.51. The predicted molar refractivity (Wildman–Crippen MR) is 96.9 cm³/mol. The third-order valence-electron chi connectivity index (χ3n) is 3.84. The minimum Gasteiger partial charge on any atom is -0.268 e. The molecule has 0 aliphatic heterocycles. The third kappa shape index (κ3) is 4.57. The van der Waals surface area contributed by atoms with Crippen molar-refractivity contribution in [1.29, 1.82) is 0 Å². The number of aromatic nitrogens is 2. The van der Waals surface area contributed by atoms with Gasteiger partial charge in [-0.2, -0.15) is 18.3 Å². The van der Waals surface area contributed by atoms with Gasteiger partial charge in [0.15, 0.2) is 0 Å². The Labute approximate surface area is 158 Å². The maximum atomic E-state index is 12.8. The van der Waals surface area contributed by atoms with Gasteiger partial charge in [-0.3, -0.25) is 4.68 Å². The van der Waals surface area contributed by atoms with Gasteiger partial charge in [-0.25, -0.2) is 13.1 Å². The van der Waals surface area contributed by atoms with Crippen molar-refractivity contribution < 1.29 is 21.6 Å². The summed E-state index contributed by atoms with van der Waals surface area (Å²) in [5.74, 6) is 0. The van der Waals surface area contributed by atoms with Crippen LogP contribution in [0.5, 0.6) is 0 Å². The molecule has 0 saturated carbocycles. The van der Waals surface area contributed by atoms with Crippen LogP contribution in [-0.2, 0) is 22.7 Å². The number of benzene rings is 1. The lowest BCUT2D eigenvalue weighted by molar-refractivity contribution is -0.137. The number of nitrogens with one attached hydrogen (secondary N) is 1. The number of sulfonamides is 1. The van der Waals surface area contributed by atoms with Crippen LogP contribution >= 0.6 is 11.3 Å². The topological polar surface area (TPSA) is 64.0 Å². The first-order chi connectivity index (χ1) is 12.7. The number of hydrogen-bond acceptors (Lipinski definition) is 4. The summed E-state index contributed by atoms with van der Waals surface area (Å²) in [6.45, 7) is 2.12. The highest BCUT2D eigenvalue weighted by molar-refractivity contribution is 7.89. The molecular weight excluding hydrogens is 399 g/mol. The van der Waals surface area contributed by atoms with E-state index in [-0.39, 0.29) is 13.1 Å². The van der Waals surface area contributed by atoms with Gasteiger partial charge in [0.25, 0.3) is 0 Å². The minimum absolute atomic E-state index is 0.00494. The molecule has 144 valence electrons. The summed E-state index contributed by atoms with van der Waals surface area (Å²) < 4.78 is 66.8. The highest BCUT2D eigenvalue weighted by Gasteiger charge is 2.31. The van der Waals surface area contributed by atoms with Gasteiger partial charge < -0.3 is 0 Å². The number of rotatable bonds is 6. The van der Waals surface area contributed by atoms with Crippen LogP contribution in [0.25, 0.3) is 10.6 Å². The SMILES string of the molecule is Cc1cc(-c2cccs2)nn1CCNS(=O)(=O)c1cccc(C(F)(F)F)c1. The monoisotopic (exact) mass is 415 g/mol. The summed E-state index contributed by atoms with van der Waals surface area (Å²) in [6.07, 6.45) is -4.60. The average molecular weight is 415 g/mol. The maximum Gasteiger partial charge on any atom is 0.416 e. The zero-order valence-electron chi connectivity index (χ0n) is 14.2. The molecule has 2 aromatic heterocycles. The van der Waals surface area contributed by atoms with Crippen LogP contribution in [0.4, 0.5) is 13.2 Å². The maximum absolute atomic E-state index is 12.8. The number of nitrogens with zero attached hydrogens (tertiary/aromatic N) is 2. The minimum atomic E-state index is -4.60. The molecule has 3 aromatic rings. The normalized spacial score (nSPS) is 12.4. The molecule has 10 heteroatoms. The first kappa shape index (κ1) is 19.6. The molecule has 27 heavy (non-hydrogen) atoms. The Morgan fingerprint density at radius 3 is 2.63 bits per heavy atom. The van der Waals surface area contributed by atoms with Gasteiger partial charge >= 0.3 is 6.18 Å². The van der Waals surface area contributed by atoms with Crippen molar-refractivity contribution in [1.82, 2.24) is 14.5 Å². The lowest BCUT2D eigenvalue weighted by atomic mass is 10.2. The van der Waals surface area contributed by atoms with Gasteiger partial charge in [-0.05, 0) is 42.6 Å². The van der Waals surface area contributed by atoms with Crippen LogP contribution < -0.4 is 4.72 Å². The quantitative estimate of drug-likeness (QED) is 0.664. The molecule has 0 fully saturated rings. The highest BCUT2D eigenvalue weighted by atomic mass is 32.2. The molecule has 0 saturated heterocycles. The molecule has 0 aliphatic rings. The van der Waals surface area contributed by atoms with Crippen LogP contribution in [0, 0.1) is 6.92 Å². The fourth-order valence-corrected chi connectivity index (χ4v) is 4.24. The second-order valence-electron chi connectivity index (χ2n) is 5.79. The molecule has 5 nitrogen and oxygen atoms in total. The smallest absolute Gasteiger partial charge is 0.268 e. The van der Waals surface area contributed by atoms with Crippen LogP contribution in [0.3, 0.4) is 0 Å². The first-order valence-electron chi connectivity index (χ1n) is 7.92. The van der Waals surface area contributed by atoms with E-state index in [2.05, 4.69) is 9.82 Å². The molecular formula is C17H16F3N3O2S2. The molecule has 0 amide bonds. The molecule has 0 unspecified atom stereocenters. The van der Waals surface area contributed by atoms with E-state index in [1.54, 1.807) is 16.0 Å². The first-order valence-corrected chi connectivity index (χ1v) is 10.3. The summed E-state index contributed by atoms with van der Waals surface area (Å²) in [5.41, 5.74) is 0.647. The largest absolute Gasteiger partial charge is 0.416 e. The van der Waals surface area contributed by atoms with Gasteiger partial charge in [0.05, 0.1) is 21.9 Å². The molecule has 0 spiro atoms. The summed E-state index contributed by atoms with van der Waals surface area (Å²) in [4.78, 5) is 0.579. The Morgan fingerprint density at radius 2 is 1.96 bits per heavy atom. The van der Waals surface area contributed by atoms with Crippen molar-refractivity contribution in [3.8, 4) is 10.6 Å². The molecule has 0 bridgehead atoms. The van der Waals surface area contributed by atoms with E-state index in [0.717, 1.165) is 34.5 Å². The fraction of sp³-hybridized carbons (Fsp3) is 0.235. The fourth-order valence-electron chi connectivity index (χ4n) is 2.49. The molecule has 1 N–H and O–H groups in total. The van der Waals surface area contributed by atoms with Crippen molar-refractivity contribution in [2.24, 2.45) is 0 Å². The zero-order chi connectivity index (χ0) is 19.7. The number of alkyl halides is 3. The van der Waals surface area contributed by atoms with Crippen LogP contribution in [0.2, 0.25) is 0 Å². The number of thiophene rings is 1. The Bertz CT molecular complexity index is 1030. The van der Waals surface area contributed by atoms with Gasteiger partial charge in [-0.1, -0.05) is 12.1 Å². The van der Waals surface area contributed by atoms with Crippen molar-refractivity contribution >= 4 is 21.4 Å². The van der Waals surface area contributed by atoms with Gasteiger partial charge in [0.1, 0.15) is 5.69 Å². The lowest BCUT2D eigenvalue weighted by Gasteiger charge is -2.11. The van der Waals surface area contributed by atoms with E-state index >= 15 is 0 Å². The number of hydrogen-bond donors (Lipinski definition) is 1. The third-order valence-corrected chi connectivity index (χ3v) is 6.19. The van der Waals surface area contributed by atoms with Crippen molar-refractivity contribution in [3.05, 3.63) is 59.1 Å². The van der Waals surface area contributed by atoms with Gasteiger partial charge in [0, 0.05) is 12.2 Å². The number of halogens is 3. The second kappa shape index (κ2) is 7.45. The van der Waals surface area contributed by atoms with Crippen LogP contribution in [-0.4, -0.2) is 24.7 Å². The molecule has 0 atom stereocenters. The van der Waals surface area contributed by atoms with Crippen molar-refractivity contribution in [3.63, 3.8) is 0 Å². The molecule has 1 aromatic carbocycles. The van der Waals surface area contributed by atoms with E-state index in [1.165, 1.54) is 0 Å². The van der Waals surface area contributed by atoms with E-state index < -0.39 is 26.7 Å². The Balaban J connectivity index is 1.68. The molecule has 3 rings (SSSR count). The molecule has 0 aliphatic carbocycles. The van der Waals surface area contributed by atoms with Gasteiger partial charge in [-0.15, -0.1) is 11.3 Å². The van der Waals surface area contributed by atoms with Crippen molar-refractivity contribution in [2.75, 3.05) is 6.54 Å². The zero-order valence-corrected chi connectivity index (χ0v) is 15.8. The summed E-state index contributed by atoms with van der Waals surface area (Å²) in [6, 6.07) is 9.40. The predicted octanol–water partition coefficient (Wildman–Crippen LogP) is 3.92. The van der Waals surface area contributed by atoms with E-state index in [4.69, 9.17) is 0 Å². The summed E-state index contributed by atoms with van der Waals surface area (Å²) >= 11 is 1.55. The Hall–Kier alpha value is -2.17. The van der Waals surface area contributed by atoms with E-state index in [0.29, 0.717) is 6.07 Å². The van der Waals surface area contributed by atoms with E-state index in [1.807, 2.05) is 30.5 Å². The summed E-state index contributed by atoms with van der Waals surface area (Å²) in [7, 11) is -4.05. The standard InChI is InChI=1S/C17H16F3N3O2S2/c1-12-10-15(16-6-3-9-26-16)22-23(12)8-7-21-27(24,25)14-5-2-4-13(11-14)17(18,19)20/h2-6,9-11,21H,7-8H2,1H3. The average Bonchev–Trinajstić information content (AvgIpc) is 3.24. The lowest BCUT2D eigenvalue weighted by Crippen LogP contribution is -2.28. The van der Waals surface area contributed by atoms with Crippen molar-refractivity contribution in [2.45, 2.75) is 24.5 Å². The summed E-state index contributed by atoms with van der Waals surface area (Å²) in [5, 5.41) is 6.37. The Kier molecular flexibility index (Phi) is 5.41. The molecule has 0 radical (unpaired) electrons. The Morgan fingerprint density at radius 1 is 1.19 bits per heavy atom.